The van der Waals surface area contributed by atoms with Gasteiger partial charge in [0.1, 0.15) is 0 Å². The fraction of sp³-hybridized carbons (Fsp3) is 0.562. The SMILES string of the molecule is CCCS(=O)(=O)Nc1ccc(NC(=O)C2CCCC(N)C2)cc1.Cl. The Labute approximate surface area is 150 Å². The molecule has 0 spiro atoms. The van der Waals surface area contributed by atoms with Crippen LogP contribution in [0, 0.1) is 5.92 Å². The largest absolute Gasteiger partial charge is 0.328 e. The summed E-state index contributed by atoms with van der Waals surface area (Å²) in [5, 5.41) is 2.88. The Balaban J connectivity index is 0.00000288. The van der Waals surface area contributed by atoms with Crippen LogP contribution in [-0.4, -0.2) is 26.1 Å². The third-order valence-electron chi connectivity index (χ3n) is 3.98. The van der Waals surface area contributed by atoms with Crippen LogP contribution in [-0.2, 0) is 14.8 Å². The molecular formula is C16H26ClN3O3S. The fourth-order valence-electron chi connectivity index (χ4n) is 2.83. The summed E-state index contributed by atoms with van der Waals surface area (Å²) in [6.07, 6.45) is 4.12. The van der Waals surface area contributed by atoms with Crippen LogP contribution in [0.15, 0.2) is 24.3 Å². The van der Waals surface area contributed by atoms with Crippen molar-refractivity contribution in [1.29, 1.82) is 0 Å². The predicted molar refractivity (Wildman–Crippen MR) is 100.0 cm³/mol. The number of sulfonamides is 1. The number of rotatable bonds is 6. The highest BCUT2D eigenvalue weighted by molar-refractivity contribution is 7.92. The maximum atomic E-state index is 12.2. The Morgan fingerprint density at radius 1 is 1.21 bits per heavy atom. The van der Waals surface area contributed by atoms with Crippen LogP contribution in [0.5, 0.6) is 0 Å². The zero-order valence-electron chi connectivity index (χ0n) is 13.8. The van der Waals surface area contributed by atoms with E-state index in [4.69, 9.17) is 5.73 Å². The van der Waals surface area contributed by atoms with Crippen LogP contribution in [0.4, 0.5) is 11.4 Å². The van der Waals surface area contributed by atoms with E-state index < -0.39 is 10.0 Å². The van der Waals surface area contributed by atoms with Crippen molar-refractivity contribution in [3.63, 3.8) is 0 Å². The number of anilines is 2. The second-order valence-electron chi connectivity index (χ2n) is 6.11. The van der Waals surface area contributed by atoms with E-state index in [0.29, 0.717) is 17.8 Å². The number of hydrogen-bond acceptors (Lipinski definition) is 4. The van der Waals surface area contributed by atoms with Crippen molar-refractivity contribution < 1.29 is 13.2 Å². The summed E-state index contributed by atoms with van der Waals surface area (Å²) >= 11 is 0. The maximum Gasteiger partial charge on any atom is 0.232 e. The molecule has 24 heavy (non-hydrogen) atoms. The standard InChI is InChI=1S/C16H25N3O3S.ClH/c1-2-10-23(21,22)19-15-8-6-14(7-9-15)18-16(20)12-4-3-5-13(17)11-12;/h6-9,12-13,19H,2-5,10-11,17H2,1H3,(H,18,20);1H. The first-order chi connectivity index (χ1) is 10.9. The Morgan fingerprint density at radius 2 is 1.83 bits per heavy atom. The van der Waals surface area contributed by atoms with Gasteiger partial charge in [0.25, 0.3) is 0 Å². The van der Waals surface area contributed by atoms with Gasteiger partial charge >= 0.3 is 0 Å². The van der Waals surface area contributed by atoms with E-state index in [0.717, 1.165) is 25.7 Å². The lowest BCUT2D eigenvalue weighted by molar-refractivity contribution is -0.120. The van der Waals surface area contributed by atoms with Gasteiger partial charge < -0.3 is 11.1 Å². The average molecular weight is 376 g/mol. The molecule has 1 aliphatic rings. The van der Waals surface area contributed by atoms with Gasteiger partial charge in [-0.3, -0.25) is 9.52 Å². The summed E-state index contributed by atoms with van der Waals surface area (Å²) in [5.41, 5.74) is 7.07. The molecule has 1 aliphatic carbocycles. The number of nitrogens with two attached hydrogens (primary N) is 1. The molecule has 0 aliphatic heterocycles. The Bertz CT molecular complexity index is 634. The second-order valence-corrected chi connectivity index (χ2v) is 7.95. The van der Waals surface area contributed by atoms with E-state index in [9.17, 15) is 13.2 Å². The van der Waals surface area contributed by atoms with Gasteiger partial charge in [-0.05, 0) is 49.9 Å². The summed E-state index contributed by atoms with van der Waals surface area (Å²) in [7, 11) is -3.30. The molecule has 0 heterocycles. The molecule has 8 heteroatoms. The van der Waals surface area contributed by atoms with Crippen molar-refractivity contribution >= 4 is 39.7 Å². The van der Waals surface area contributed by atoms with E-state index in [1.807, 2.05) is 6.92 Å². The summed E-state index contributed by atoms with van der Waals surface area (Å²) in [5.74, 6) is 0.0360. The summed E-state index contributed by atoms with van der Waals surface area (Å²) in [4.78, 5) is 12.2. The zero-order valence-corrected chi connectivity index (χ0v) is 15.5. The van der Waals surface area contributed by atoms with Gasteiger partial charge in [0.05, 0.1) is 5.75 Å². The minimum absolute atomic E-state index is 0. The minimum atomic E-state index is -3.30. The van der Waals surface area contributed by atoms with Crippen LogP contribution in [0.25, 0.3) is 0 Å². The molecule has 1 aromatic carbocycles. The molecule has 1 saturated carbocycles. The Hall–Kier alpha value is -1.31. The van der Waals surface area contributed by atoms with Crippen LogP contribution in [0.3, 0.4) is 0 Å². The molecule has 2 atom stereocenters. The van der Waals surface area contributed by atoms with Crippen LogP contribution >= 0.6 is 12.4 Å². The smallest absolute Gasteiger partial charge is 0.232 e. The van der Waals surface area contributed by atoms with Crippen molar-refractivity contribution in [2.24, 2.45) is 11.7 Å². The van der Waals surface area contributed by atoms with Gasteiger partial charge in [0, 0.05) is 23.3 Å². The second kappa shape index (κ2) is 9.25. The molecule has 0 aromatic heterocycles. The topological polar surface area (TPSA) is 101 Å². The van der Waals surface area contributed by atoms with Crippen molar-refractivity contribution in [3.8, 4) is 0 Å². The molecule has 2 rings (SSSR count). The molecule has 0 radical (unpaired) electrons. The van der Waals surface area contributed by atoms with Gasteiger partial charge in [-0.2, -0.15) is 0 Å². The normalized spacial score (nSPS) is 20.8. The molecular weight excluding hydrogens is 350 g/mol. The van der Waals surface area contributed by atoms with Crippen molar-refractivity contribution in [1.82, 2.24) is 0 Å². The van der Waals surface area contributed by atoms with Crippen LogP contribution in [0.2, 0.25) is 0 Å². The highest BCUT2D eigenvalue weighted by atomic mass is 35.5. The fourth-order valence-corrected chi connectivity index (χ4v) is 3.97. The van der Waals surface area contributed by atoms with Gasteiger partial charge in [0.15, 0.2) is 0 Å². The average Bonchev–Trinajstić information content (AvgIpc) is 2.49. The van der Waals surface area contributed by atoms with Crippen LogP contribution in [0.1, 0.15) is 39.0 Å². The Kier molecular flexibility index (Phi) is 7.99. The van der Waals surface area contributed by atoms with E-state index in [-0.39, 0.29) is 36.0 Å². The number of carbonyl (C=O) groups is 1. The number of hydrogen-bond donors (Lipinski definition) is 3. The first kappa shape index (κ1) is 20.7. The monoisotopic (exact) mass is 375 g/mol. The highest BCUT2D eigenvalue weighted by Crippen LogP contribution is 2.25. The number of nitrogens with one attached hydrogen (secondary N) is 2. The molecule has 136 valence electrons. The Morgan fingerprint density at radius 3 is 2.42 bits per heavy atom. The molecule has 6 nitrogen and oxygen atoms in total. The van der Waals surface area contributed by atoms with Crippen molar-refractivity contribution in [3.05, 3.63) is 24.3 Å². The van der Waals surface area contributed by atoms with Crippen LogP contribution < -0.4 is 15.8 Å². The number of benzene rings is 1. The van der Waals surface area contributed by atoms with Gasteiger partial charge in [0.2, 0.25) is 15.9 Å². The zero-order chi connectivity index (χ0) is 16.9. The third-order valence-corrected chi connectivity index (χ3v) is 5.48. The predicted octanol–water partition coefficient (Wildman–Crippen LogP) is 2.72. The number of amides is 1. The van der Waals surface area contributed by atoms with Gasteiger partial charge in [-0.25, -0.2) is 8.42 Å². The minimum Gasteiger partial charge on any atom is -0.328 e. The molecule has 1 amide bonds. The first-order valence-corrected chi connectivity index (χ1v) is 9.72. The molecule has 4 N–H and O–H groups in total. The van der Waals surface area contributed by atoms with E-state index in [2.05, 4.69) is 10.0 Å². The van der Waals surface area contributed by atoms with Gasteiger partial charge in [-0.1, -0.05) is 13.3 Å². The number of halogens is 1. The quantitative estimate of drug-likeness (QED) is 0.711. The lowest BCUT2D eigenvalue weighted by Gasteiger charge is -2.25. The van der Waals surface area contributed by atoms with Crippen molar-refractivity contribution in [2.45, 2.75) is 45.1 Å². The maximum absolute atomic E-state index is 12.2. The first-order valence-electron chi connectivity index (χ1n) is 8.06. The third kappa shape index (κ3) is 6.30. The summed E-state index contributed by atoms with van der Waals surface area (Å²) < 4.78 is 25.9. The van der Waals surface area contributed by atoms with E-state index in [1.54, 1.807) is 24.3 Å². The van der Waals surface area contributed by atoms with E-state index in [1.165, 1.54) is 0 Å². The molecule has 2 unspecified atom stereocenters. The summed E-state index contributed by atoms with van der Waals surface area (Å²) in [6, 6.07) is 6.80. The molecule has 0 saturated heterocycles. The lowest BCUT2D eigenvalue weighted by Crippen LogP contribution is -2.34. The number of carbonyl (C=O) groups excluding carboxylic acids is 1. The van der Waals surface area contributed by atoms with Gasteiger partial charge in [-0.15, -0.1) is 12.4 Å². The molecule has 0 bridgehead atoms. The van der Waals surface area contributed by atoms with Crippen molar-refractivity contribution in [2.75, 3.05) is 15.8 Å². The van der Waals surface area contributed by atoms with E-state index >= 15 is 0 Å². The lowest BCUT2D eigenvalue weighted by atomic mass is 9.85. The summed E-state index contributed by atoms with van der Waals surface area (Å²) in [6.45, 7) is 1.81. The highest BCUT2D eigenvalue weighted by Gasteiger charge is 2.25. The molecule has 1 fully saturated rings. The molecule has 1 aromatic rings.